The van der Waals surface area contributed by atoms with Crippen LogP contribution < -0.4 is 5.32 Å². The van der Waals surface area contributed by atoms with Gasteiger partial charge in [0.25, 0.3) is 0 Å². The molecule has 18 heavy (non-hydrogen) atoms. The van der Waals surface area contributed by atoms with Crippen molar-refractivity contribution in [2.45, 2.75) is 44.2 Å². The summed E-state index contributed by atoms with van der Waals surface area (Å²) in [6, 6.07) is 6.14. The van der Waals surface area contributed by atoms with Gasteiger partial charge in [0.1, 0.15) is 0 Å². The summed E-state index contributed by atoms with van der Waals surface area (Å²) in [7, 11) is 0. The van der Waals surface area contributed by atoms with E-state index in [-0.39, 0.29) is 0 Å². The molecule has 0 amide bonds. The van der Waals surface area contributed by atoms with E-state index >= 15 is 0 Å². The lowest BCUT2D eigenvalue weighted by Gasteiger charge is -2.19. The van der Waals surface area contributed by atoms with Crippen LogP contribution >= 0.6 is 11.3 Å². The minimum Gasteiger partial charge on any atom is -0.306 e. The maximum atomic E-state index is 4.07. The second kappa shape index (κ2) is 3.61. The monoisotopic (exact) mass is 259 g/mol. The third-order valence-electron chi connectivity index (χ3n) is 6.05. The minimum absolute atomic E-state index is 0.694. The van der Waals surface area contributed by atoms with Gasteiger partial charge in [-0.3, -0.25) is 0 Å². The molecular formula is C16H21NS. The number of nitrogens with one attached hydrogen (secondary N) is 1. The van der Waals surface area contributed by atoms with Gasteiger partial charge < -0.3 is 5.32 Å². The maximum Gasteiger partial charge on any atom is 0.0445 e. The first-order valence-corrected chi connectivity index (χ1v) is 8.59. The zero-order chi connectivity index (χ0) is 11.7. The Balaban J connectivity index is 1.34. The molecule has 1 aromatic rings. The highest BCUT2D eigenvalue weighted by Crippen LogP contribution is 2.66. The summed E-state index contributed by atoms with van der Waals surface area (Å²) in [5.74, 6) is 5.29. The molecule has 0 saturated heterocycles. The predicted molar refractivity (Wildman–Crippen MR) is 74.5 cm³/mol. The van der Waals surface area contributed by atoms with Gasteiger partial charge in [-0.15, -0.1) is 11.3 Å². The number of rotatable bonds is 4. The number of hydrogen-bond donors (Lipinski definition) is 1. The Morgan fingerprint density at radius 2 is 1.89 bits per heavy atom. The number of fused-ring (bicyclic) bond motifs is 5. The molecule has 2 heteroatoms. The zero-order valence-corrected chi connectivity index (χ0v) is 11.5. The van der Waals surface area contributed by atoms with Crippen LogP contribution in [-0.2, 0) is 0 Å². The molecule has 4 aliphatic carbocycles. The standard InChI is InChI=1S/C16H21NS/c1-2-12(18-7-1)15(9-3-4-9)17-16-13-10-5-6-11(8-10)14(13)16/h1-2,7,9-11,13-17H,3-6,8H2. The maximum absolute atomic E-state index is 4.07. The lowest BCUT2D eigenvalue weighted by molar-refractivity contribution is 0.402. The van der Waals surface area contributed by atoms with Crippen LogP contribution in [0.15, 0.2) is 17.5 Å². The first-order valence-electron chi connectivity index (χ1n) is 7.71. The SMILES string of the molecule is c1csc(C(NC2C3C4CCC(C4)C23)C2CC2)c1. The summed E-state index contributed by atoms with van der Waals surface area (Å²) >= 11 is 1.95. The smallest absolute Gasteiger partial charge is 0.0445 e. The molecule has 1 aromatic heterocycles. The quantitative estimate of drug-likeness (QED) is 0.866. The molecule has 1 nitrogen and oxygen atoms in total. The predicted octanol–water partition coefficient (Wildman–Crippen LogP) is 3.83. The fraction of sp³-hybridized carbons (Fsp3) is 0.750. The van der Waals surface area contributed by atoms with Crippen LogP contribution in [0.1, 0.15) is 43.0 Å². The molecule has 5 unspecified atom stereocenters. The summed E-state index contributed by atoms with van der Waals surface area (Å²) in [4.78, 5) is 1.59. The molecule has 4 fully saturated rings. The van der Waals surface area contributed by atoms with E-state index in [1.165, 1.54) is 25.7 Å². The third-order valence-corrected chi connectivity index (χ3v) is 7.01. The fourth-order valence-corrected chi connectivity index (χ4v) is 5.98. The highest BCUT2D eigenvalue weighted by atomic mass is 32.1. The second-order valence-corrected chi connectivity index (χ2v) is 7.99. The Bertz CT molecular complexity index is 434. The molecule has 5 rings (SSSR count). The van der Waals surface area contributed by atoms with E-state index in [2.05, 4.69) is 22.8 Å². The van der Waals surface area contributed by atoms with Gasteiger partial charge in [-0.1, -0.05) is 6.07 Å². The van der Waals surface area contributed by atoms with Crippen molar-refractivity contribution < 1.29 is 0 Å². The van der Waals surface area contributed by atoms with Crippen molar-refractivity contribution in [3.8, 4) is 0 Å². The normalized spacial score (nSPS) is 46.1. The minimum atomic E-state index is 0.694. The first-order chi connectivity index (χ1) is 8.92. The van der Waals surface area contributed by atoms with Crippen LogP contribution in [0.25, 0.3) is 0 Å². The first kappa shape index (κ1) is 10.4. The molecule has 1 heterocycles. The van der Waals surface area contributed by atoms with Gasteiger partial charge >= 0.3 is 0 Å². The van der Waals surface area contributed by atoms with Gasteiger partial charge in [-0.2, -0.15) is 0 Å². The Morgan fingerprint density at radius 3 is 2.50 bits per heavy atom. The van der Waals surface area contributed by atoms with E-state index in [4.69, 9.17) is 0 Å². The lowest BCUT2D eigenvalue weighted by atomic mass is 10.0. The molecule has 96 valence electrons. The molecule has 0 spiro atoms. The Labute approximate surface area is 113 Å². The topological polar surface area (TPSA) is 12.0 Å². The van der Waals surface area contributed by atoms with Crippen molar-refractivity contribution in [3.63, 3.8) is 0 Å². The van der Waals surface area contributed by atoms with Gasteiger partial charge in [-0.25, -0.2) is 0 Å². The molecule has 1 N–H and O–H groups in total. The average molecular weight is 259 g/mol. The van der Waals surface area contributed by atoms with E-state index in [0.717, 1.165) is 35.6 Å². The van der Waals surface area contributed by atoms with E-state index in [1.807, 2.05) is 11.3 Å². The van der Waals surface area contributed by atoms with Gasteiger partial charge in [0.2, 0.25) is 0 Å². The Kier molecular flexibility index (Phi) is 2.09. The summed E-state index contributed by atoms with van der Waals surface area (Å²) in [6.07, 6.45) is 7.55. The summed E-state index contributed by atoms with van der Waals surface area (Å²) in [5.41, 5.74) is 0. The Hall–Kier alpha value is -0.340. The van der Waals surface area contributed by atoms with E-state index < -0.39 is 0 Å². The molecule has 4 saturated carbocycles. The Morgan fingerprint density at radius 1 is 1.11 bits per heavy atom. The van der Waals surface area contributed by atoms with Gasteiger partial charge in [0.05, 0.1) is 0 Å². The molecule has 0 aliphatic heterocycles. The van der Waals surface area contributed by atoms with E-state index in [9.17, 15) is 0 Å². The van der Waals surface area contributed by atoms with Crippen molar-refractivity contribution in [1.29, 1.82) is 0 Å². The molecule has 0 aromatic carbocycles. The molecule has 2 bridgehead atoms. The second-order valence-electron chi connectivity index (χ2n) is 7.01. The van der Waals surface area contributed by atoms with Crippen LogP contribution in [0, 0.1) is 29.6 Å². The van der Waals surface area contributed by atoms with E-state index in [1.54, 1.807) is 11.3 Å². The van der Waals surface area contributed by atoms with E-state index in [0.29, 0.717) is 6.04 Å². The van der Waals surface area contributed by atoms with Crippen LogP contribution in [0.5, 0.6) is 0 Å². The highest BCUT2D eigenvalue weighted by molar-refractivity contribution is 7.10. The van der Waals surface area contributed by atoms with Crippen molar-refractivity contribution in [1.82, 2.24) is 5.32 Å². The van der Waals surface area contributed by atoms with Crippen molar-refractivity contribution in [2.75, 3.05) is 0 Å². The zero-order valence-electron chi connectivity index (χ0n) is 10.7. The van der Waals surface area contributed by atoms with Crippen LogP contribution in [0.3, 0.4) is 0 Å². The molecular weight excluding hydrogens is 238 g/mol. The summed E-state index contributed by atoms with van der Waals surface area (Å²) in [5, 5.41) is 6.31. The highest BCUT2D eigenvalue weighted by Gasteiger charge is 2.65. The van der Waals surface area contributed by atoms with Crippen LogP contribution in [0.4, 0.5) is 0 Å². The van der Waals surface area contributed by atoms with Gasteiger partial charge in [0.15, 0.2) is 0 Å². The number of hydrogen-bond acceptors (Lipinski definition) is 2. The summed E-state index contributed by atoms with van der Waals surface area (Å²) < 4.78 is 0. The third kappa shape index (κ3) is 1.42. The largest absolute Gasteiger partial charge is 0.306 e. The molecule has 4 aliphatic rings. The fourth-order valence-electron chi connectivity index (χ4n) is 5.10. The van der Waals surface area contributed by atoms with Crippen LogP contribution in [0.2, 0.25) is 0 Å². The summed E-state index contributed by atoms with van der Waals surface area (Å²) in [6.45, 7) is 0. The van der Waals surface area contributed by atoms with Crippen molar-refractivity contribution >= 4 is 11.3 Å². The number of thiophene rings is 1. The van der Waals surface area contributed by atoms with Crippen molar-refractivity contribution in [3.05, 3.63) is 22.4 Å². The van der Waals surface area contributed by atoms with Gasteiger partial charge in [-0.05, 0) is 73.1 Å². The molecule has 5 atom stereocenters. The van der Waals surface area contributed by atoms with Gasteiger partial charge in [0, 0.05) is 17.0 Å². The van der Waals surface area contributed by atoms with Crippen LogP contribution in [-0.4, -0.2) is 6.04 Å². The average Bonchev–Trinajstić information content (AvgIpc) is 3.16. The lowest BCUT2D eigenvalue weighted by Crippen LogP contribution is -2.28. The molecule has 0 radical (unpaired) electrons. The van der Waals surface area contributed by atoms with Crippen molar-refractivity contribution in [2.24, 2.45) is 29.6 Å².